The topological polar surface area (TPSA) is 38.3 Å². The molecule has 0 saturated heterocycles. The third kappa shape index (κ3) is 4.75. The SMILES string of the molecule is Cc1cc(OCC(=O)N[C@@H](C)c2ccccc2)c(C(C)C)cc1Cl. The Hall–Kier alpha value is -2.00. The molecule has 0 unspecified atom stereocenters. The highest BCUT2D eigenvalue weighted by molar-refractivity contribution is 6.31. The minimum Gasteiger partial charge on any atom is -0.483 e. The molecular weight excluding hydrogens is 322 g/mol. The zero-order chi connectivity index (χ0) is 17.7. The fourth-order valence-corrected chi connectivity index (χ4v) is 2.67. The highest BCUT2D eigenvalue weighted by atomic mass is 35.5. The summed E-state index contributed by atoms with van der Waals surface area (Å²) in [7, 11) is 0. The Balaban J connectivity index is 2.00. The van der Waals surface area contributed by atoms with Crippen molar-refractivity contribution in [1.82, 2.24) is 5.32 Å². The number of ether oxygens (including phenoxy) is 1. The van der Waals surface area contributed by atoms with Gasteiger partial charge in [0.1, 0.15) is 5.75 Å². The molecule has 1 atom stereocenters. The molecule has 0 aromatic heterocycles. The molecule has 3 nitrogen and oxygen atoms in total. The van der Waals surface area contributed by atoms with Gasteiger partial charge < -0.3 is 10.1 Å². The molecule has 4 heteroatoms. The van der Waals surface area contributed by atoms with Crippen molar-refractivity contribution in [3.05, 3.63) is 64.2 Å². The van der Waals surface area contributed by atoms with Gasteiger partial charge in [0.25, 0.3) is 5.91 Å². The van der Waals surface area contributed by atoms with Crippen molar-refractivity contribution in [3.63, 3.8) is 0 Å². The first kappa shape index (κ1) is 18.3. The van der Waals surface area contributed by atoms with Gasteiger partial charge in [-0.05, 0) is 48.6 Å². The zero-order valence-corrected chi connectivity index (χ0v) is 15.4. The predicted molar refractivity (Wildman–Crippen MR) is 98.8 cm³/mol. The molecule has 0 bridgehead atoms. The van der Waals surface area contributed by atoms with Crippen LogP contribution in [0.4, 0.5) is 0 Å². The van der Waals surface area contributed by atoms with E-state index in [9.17, 15) is 4.79 Å². The van der Waals surface area contributed by atoms with Gasteiger partial charge in [-0.15, -0.1) is 0 Å². The molecule has 24 heavy (non-hydrogen) atoms. The molecule has 1 amide bonds. The maximum absolute atomic E-state index is 12.2. The number of carbonyl (C=O) groups excluding carboxylic acids is 1. The van der Waals surface area contributed by atoms with Gasteiger partial charge in [0.15, 0.2) is 6.61 Å². The molecular formula is C20H24ClNO2. The highest BCUT2D eigenvalue weighted by Gasteiger charge is 2.14. The molecule has 0 spiro atoms. The number of carbonyl (C=O) groups is 1. The number of benzene rings is 2. The maximum Gasteiger partial charge on any atom is 0.258 e. The zero-order valence-electron chi connectivity index (χ0n) is 14.6. The number of nitrogens with one attached hydrogen (secondary N) is 1. The van der Waals surface area contributed by atoms with Crippen LogP contribution >= 0.6 is 11.6 Å². The Bertz CT molecular complexity index is 698. The molecule has 0 saturated carbocycles. The summed E-state index contributed by atoms with van der Waals surface area (Å²) in [5.74, 6) is 0.840. The Kier molecular flexibility index (Phi) is 6.27. The second kappa shape index (κ2) is 8.20. The summed E-state index contributed by atoms with van der Waals surface area (Å²) in [5, 5.41) is 3.67. The number of rotatable bonds is 6. The molecule has 2 rings (SSSR count). The molecule has 0 aliphatic heterocycles. The van der Waals surface area contributed by atoms with Crippen LogP contribution in [-0.2, 0) is 4.79 Å². The van der Waals surface area contributed by atoms with E-state index in [2.05, 4.69) is 19.2 Å². The quantitative estimate of drug-likeness (QED) is 0.797. The fraction of sp³-hybridized carbons (Fsp3) is 0.350. The van der Waals surface area contributed by atoms with Gasteiger partial charge in [-0.1, -0.05) is 55.8 Å². The summed E-state index contributed by atoms with van der Waals surface area (Å²) in [4.78, 5) is 12.2. The van der Waals surface area contributed by atoms with Crippen molar-refractivity contribution < 1.29 is 9.53 Å². The second-order valence-electron chi connectivity index (χ2n) is 6.28. The second-order valence-corrected chi connectivity index (χ2v) is 6.69. The first-order chi connectivity index (χ1) is 11.4. The van der Waals surface area contributed by atoms with E-state index in [0.717, 1.165) is 22.4 Å². The van der Waals surface area contributed by atoms with Crippen molar-refractivity contribution in [2.45, 2.75) is 39.7 Å². The maximum atomic E-state index is 12.2. The van der Waals surface area contributed by atoms with Gasteiger partial charge in [-0.25, -0.2) is 0 Å². The van der Waals surface area contributed by atoms with Gasteiger partial charge in [0, 0.05) is 5.02 Å². The molecule has 2 aromatic carbocycles. The molecule has 0 fully saturated rings. The summed E-state index contributed by atoms with van der Waals surface area (Å²) >= 11 is 6.19. The van der Waals surface area contributed by atoms with E-state index in [1.54, 1.807) is 0 Å². The largest absolute Gasteiger partial charge is 0.483 e. The first-order valence-corrected chi connectivity index (χ1v) is 8.53. The van der Waals surface area contributed by atoms with Crippen LogP contribution in [0, 0.1) is 6.92 Å². The van der Waals surface area contributed by atoms with Crippen LogP contribution in [0.15, 0.2) is 42.5 Å². The first-order valence-electron chi connectivity index (χ1n) is 8.15. The van der Waals surface area contributed by atoms with Gasteiger partial charge in [-0.2, -0.15) is 0 Å². The summed E-state index contributed by atoms with van der Waals surface area (Å²) in [5.41, 5.74) is 3.01. The van der Waals surface area contributed by atoms with E-state index < -0.39 is 0 Å². The third-order valence-electron chi connectivity index (χ3n) is 3.95. The summed E-state index contributed by atoms with van der Waals surface area (Å²) in [6, 6.07) is 13.6. The van der Waals surface area contributed by atoms with Crippen LogP contribution in [0.2, 0.25) is 5.02 Å². The molecule has 2 aromatic rings. The minimum absolute atomic E-state index is 0.0159. The molecule has 0 radical (unpaired) electrons. The number of halogens is 1. The highest BCUT2D eigenvalue weighted by Crippen LogP contribution is 2.32. The molecule has 0 aliphatic carbocycles. The number of aryl methyl sites for hydroxylation is 1. The van der Waals surface area contributed by atoms with Crippen LogP contribution in [0.1, 0.15) is 49.4 Å². The van der Waals surface area contributed by atoms with Crippen molar-refractivity contribution in [2.75, 3.05) is 6.61 Å². The van der Waals surface area contributed by atoms with E-state index in [0.29, 0.717) is 5.02 Å². The smallest absolute Gasteiger partial charge is 0.258 e. The molecule has 1 N–H and O–H groups in total. The van der Waals surface area contributed by atoms with Gasteiger partial charge in [-0.3, -0.25) is 4.79 Å². The molecule has 0 aliphatic rings. The Morgan fingerprint density at radius 1 is 1.17 bits per heavy atom. The van der Waals surface area contributed by atoms with E-state index >= 15 is 0 Å². The lowest BCUT2D eigenvalue weighted by molar-refractivity contribution is -0.123. The van der Waals surface area contributed by atoms with Crippen molar-refractivity contribution in [2.24, 2.45) is 0 Å². The Morgan fingerprint density at radius 2 is 1.83 bits per heavy atom. The monoisotopic (exact) mass is 345 g/mol. The lowest BCUT2D eigenvalue weighted by Crippen LogP contribution is -2.31. The van der Waals surface area contributed by atoms with E-state index in [4.69, 9.17) is 16.3 Å². The normalized spacial score (nSPS) is 12.1. The van der Waals surface area contributed by atoms with E-state index in [-0.39, 0.29) is 24.5 Å². The van der Waals surface area contributed by atoms with Crippen LogP contribution in [0.25, 0.3) is 0 Å². The fourth-order valence-electron chi connectivity index (χ4n) is 2.50. The van der Waals surface area contributed by atoms with Gasteiger partial charge in [0.2, 0.25) is 0 Å². The lowest BCUT2D eigenvalue weighted by atomic mass is 10.0. The number of hydrogen-bond donors (Lipinski definition) is 1. The van der Waals surface area contributed by atoms with Crippen molar-refractivity contribution >= 4 is 17.5 Å². The van der Waals surface area contributed by atoms with Crippen LogP contribution < -0.4 is 10.1 Å². The van der Waals surface area contributed by atoms with Gasteiger partial charge in [0.05, 0.1) is 6.04 Å². The van der Waals surface area contributed by atoms with Crippen molar-refractivity contribution in [3.8, 4) is 5.75 Å². The average molecular weight is 346 g/mol. The summed E-state index contributed by atoms with van der Waals surface area (Å²) in [6.45, 7) is 8.02. The van der Waals surface area contributed by atoms with E-state index in [1.165, 1.54) is 0 Å². The lowest BCUT2D eigenvalue weighted by Gasteiger charge is -2.17. The average Bonchev–Trinajstić information content (AvgIpc) is 2.56. The summed E-state index contributed by atoms with van der Waals surface area (Å²) < 4.78 is 5.76. The molecule has 128 valence electrons. The molecule has 0 heterocycles. The predicted octanol–water partition coefficient (Wildman–Crippen LogP) is 5.03. The number of amides is 1. The minimum atomic E-state index is -0.145. The van der Waals surface area contributed by atoms with Crippen LogP contribution in [0.5, 0.6) is 5.75 Å². The van der Waals surface area contributed by atoms with Crippen LogP contribution in [0.3, 0.4) is 0 Å². The third-order valence-corrected chi connectivity index (χ3v) is 4.36. The van der Waals surface area contributed by atoms with Crippen molar-refractivity contribution in [1.29, 1.82) is 0 Å². The van der Waals surface area contributed by atoms with E-state index in [1.807, 2.05) is 56.3 Å². The van der Waals surface area contributed by atoms with Crippen LogP contribution in [-0.4, -0.2) is 12.5 Å². The van der Waals surface area contributed by atoms with Gasteiger partial charge >= 0.3 is 0 Å². The standard InChI is InChI=1S/C20H24ClNO2/c1-13(2)17-11-18(21)14(3)10-19(17)24-12-20(23)22-15(4)16-8-6-5-7-9-16/h5-11,13,15H,12H2,1-4H3,(H,22,23)/t15-/m0/s1. The Morgan fingerprint density at radius 3 is 2.46 bits per heavy atom. The number of hydrogen-bond acceptors (Lipinski definition) is 2. The summed E-state index contributed by atoms with van der Waals surface area (Å²) in [6.07, 6.45) is 0. The Labute approximate surface area is 149 Å².